The fourth-order valence-corrected chi connectivity index (χ4v) is 2.34. The van der Waals surface area contributed by atoms with Crippen molar-refractivity contribution in [2.24, 2.45) is 0 Å². The number of hydrogen-bond acceptors (Lipinski definition) is 3. The van der Waals surface area contributed by atoms with Crippen LogP contribution in [0.1, 0.15) is 16.1 Å². The van der Waals surface area contributed by atoms with Crippen LogP contribution in [0.5, 0.6) is 0 Å². The number of rotatable bonds is 5. The Morgan fingerprint density at radius 1 is 1.14 bits per heavy atom. The summed E-state index contributed by atoms with van der Waals surface area (Å²) in [5.41, 5.74) is 1.01. The fourth-order valence-electron chi connectivity index (χ4n) is 1.77. The second-order valence-electron chi connectivity index (χ2n) is 4.66. The van der Waals surface area contributed by atoms with Crippen molar-refractivity contribution >= 4 is 43.7 Å². The zero-order valence-corrected chi connectivity index (χ0v) is 15.0. The van der Waals surface area contributed by atoms with Crippen molar-refractivity contribution in [3.8, 4) is 0 Å². The summed E-state index contributed by atoms with van der Waals surface area (Å²) in [4.78, 5) is 25.4. The molecule has 0 bridgehead atoms. The lowest BCUT2D eigenvalue weighted by Gasteiger charge is -2.17. The van der Waals surface area contributed by atoms with E-state index in [0.29, 0.717) is 11.2 Å². The van der Waals surface area contributed by atoms with Gasteiger partial charge in [-0.2, -0.15) is 0 Å². The van der Waals surface area contributed by atoms with E-state index < -0.39 is 5.91 Å². The predicted octanol–water partition coefficient (Wildman–Crippen LogP) is 3.19. The molecule has 0 atom stereocenters. The summed E-state index contributed by atoms with van der Waals surface area (Å²) in [5, 5.41) is 2.54. The van der Waals surface area contributed by atoms with Crippen molar-refractivity contribution in [2.75, 3.05) is 13.6 Å². The first-order valence-electron chi connectivity index (χ1n) is 6.47. The van der Waals surface area contributed by atoms with Gasteiger partial charge in [-0.05, 0) is 45.8 Å². The molecule has 0 saturated carbocycles. The largest absolute Gasteiger partial charge is 0.444 e. The highest BCUT2D eigenvalue weighted by Gasteiger charge is 2.14. The number of hydrogen-bond donors (Lipinski definition) is 1. The van der Waals surface area contributed by atoms with Gasteiger partial charge in [0.15, 0.2) is 10.4 Å². The van der Waals surface area contributed by atoms with Gasteiger partial charge in [0.2, 0.25) is 5.91 Å². The van der Waals surface area contributed by atoms with Crippen molar-refractivity contribution in [1.29, 1.82) is 0 Å². The van der Waals surface area contributed by atoms with Crippen molar-refractivity contribution < 1.29 is 14.0 Å². The summed E-state index contributed by atoms with van der Waals surface area (Å²) in [7, 11) is 1.69. The predicted molar refractivity (Wildman–Crippen MR) is 89.4 cm³/mol. The molecule has 22 heavy (non-hydrogen) atoms. The summed E-state index contributed by atoms with van der Waals surface area (Å²) >= 11 is 6.49. The van der Waals surface area contributed by atoms with E-state index in [2.05, 4.69) is 37.2 Å². The van der Waals surface area contributed by atoms with E-state index in [-0.39, 0.29) is 18.2 Å². The van der Waals surface area contributed by atoms with Gasteiger partial charge in [-0.25, -0.2) is 0 Å². The molecule has 0 unspecified atom stereocenters. The smallest absolute Gasteiger partial charge is 0.287 e. The molecule has 1 aromatic carbocycles. The van der Waals surface area contributed by atoms with E-state index >= 15 is 0 Å². The first-order chi connectivity index (χ1) is 10.5. The molecule has 2 aromatic rings. The number of halogens is 2. The first kappa shape index (κ1) is 16.8. The lowest BCUT2D eigenvalue weighted by Crippen LogP contribution is -2.37. The summed E-state index contributed by atoms with van der Waals surface area (Å²) in [6.45, 7) is 0.401. The van der Waals surface area contributed by atoms with Crippen molar-refractivity contribution in [1.82, 2.24) is 10.2 Å². The van der Waals surface area contributed by atoms with E-state index in [0.717, 1.165) is 10.0 Å². The summed E-state index contributed by atoms with van der Waals surface area (Å²) in [6.07, 6.45) is 0. The first-order valence-corrected chi connectivity index (χ1v) is 8.06. The molecule has 0 aliphatic heterocycles. The molecule has 1 heterocycles. The third-order valence-corrected chi connectivity index (χ3v) is 3.91. The molecule has 0 radical (unpaired) electrons. The Morgan fingerprint density at radius 2 is 1.82 bits per heavy atom. The van der Waals surface area contributed by atoms with Gasteiger partial charge in [-0.1, -0.05) is 28.1 Å². The van der Waals surface area contributed by atoms with Crippen LogP contribution in [0.15, 0.2) is 50.0 Å². The Bertz CT molecular complexity index is 668. The molecular formula is C15H14Br2N2O3. The lowest BCUT2D eigenvalue weighted by atomic mass is 10.2. The molecule has 2 rings (SSSR count). The van der Waals surface area contributed by atoms with Crippen LogP contribution in [0.3, 0.4) is 0 Å². The van der Waals surface area contributed by atoms with E-state index in [1.807, 2.05) is 24.3 Å². The van der Waals surface area contributed by atoms with Gasteiger partial charge in [0.25, 0.3) is 5.91 Å². The highest BCUT2D eigenvalue weighted by atomic mass is 79.9. The van der Waals surface area contributed by atoms with Gasteiger partial charge in [0, 0.05) is 18.1 Å². The monoisotopic (exact) mass is 428 g/mol. The van der Waals surface area contributed by atoms with Gasteiger partial charge >= 0.3 is 0 Å². The SMILES string of the molecule is CN(Cc1ccc(Br)cc1)C(=O)CNC(=O)c1ccc(Br)o1. The molecule has 1 N–H and O–H groups in total. The minimum absolute atomic E-state index is 0.0792. The van der Waals surface area contributed by atoms with Gasteiger partial charge in [-0.15, -0.1) is 0 Å². The highest BCUT2D eigenvalue weighted by Crippen LogP contribution is 2.14. The average molecular weight is 430 g/mol. The number of amides is 2. The van der Waals surface area contributed by atoms with Crippen molar-refractivity contribution in [3.63, 3.8) is 0 Å². The molecule has 5 nitrogen and oxygen atoms in total. The minimum Gasteiger partial charge on any atom is -0.444 e. The molecule has 7 heteroatoms. The van der Waals surface area contributed by atoms with E-state index in [9.17, 15) is 9.59 Å². The number of likely N-dealkylation sites (N-methyl/N-ethyl adjacent to an activating group) is 1. The maximum absolute atomic E-state index is 12.0. The second-order valence-corrected chi connectivity index (χ2v) is 6.36. The fraction of sp³-hybridized carbons (Fsp3) is 0.200. The second kappa shape index (κ2) is 7.60. The average Bonchev–Trinajstić information content (AvgIpc) is 2.93. The zero-order chi connectivity index (χ0) is 16.1. The molecule has 0 fully saturated rings. The normalized spacial score (nSPS) is 10.3. The Kier molecular flexibility index (Phi) is 5.79. The molecule has 0 aliphatic rings. The van der Waals surface area contributed by atoms with Crippen LogP contribution in [-0.2, 0) is 11.3 Å². The number of benzene rings is 1. The molecule has 0 saturated heterocycles. The molecule has 0 aliphatic carbocycles. The van der Waals surface area contributed by atoms with Crippen LogP contribution >= 0.6 is 31.9 Å². The Labute approximate surface area is 144 Å². The molecular weight excluding hydrogens is 416 g/mol. The number of furan rings is 1. The van der Waals surface area contributed by atoms with Crippen LogP contribution in [0.2, 0.25) is 0 Å². The maximum Gasteiger partial charge on any atom is 0.287 e. The summed E-state index contributed by atoms with van der Waals surface area (Å²) in [6, 6.07) is 10.9. The number of nitrogens with one attached hydrogen (secondary N) is 1. The summed E-state index contributed by atoms with van der Waals surface area (Å²) in [5.74, 6) is -0.437. The zero-order valence-electron chi connectivity index (χ0n) is 11.8. The summed E-state index contributed by atoms with van der Waals surface area (Å²) < 4.78 is 6.58. The molecule has 116 valence electrons. The van der Waals surface area contributed by atoms with Gasteiger partial charge in [0.1, 0.15) is 0 Å². The topological polar surface area (TPSA) is 62.6 Å². The molecule has 2 amide bonds. The van der Waals surface area contributed by atoms with Crippen LogP contribution in [0.25, 0.3) is 0 Å². The standard InChI is InChI=1S/C15H14Br2N2O3/c1-19(9-10-2-4-11(16)5-3-10)14(20)8-18-15(21)12-6-7-13(17)22-12/h2-7H,8-9H2,1H3,(H,18,21). The number of carbonyl (C=O) groups is 2. The number of carbonyl (C=O) groups excluding carboxylic acids is 2. The Hall–Kier alpha value is -1.60. The van der Waals surface area contributed by atoms with Crippen LogP contribution in [-0.4, -0.2) is 30.3 Å². The quantitative estimate of drug-likeness (QED) is 0.793. The van der Waals surface area contributed by atoms with Gasteiger partial charge < -0.3 is 14.6 Å². The van der Waals surface area contributed by atoms with E-state index in [4.69, 9.17) is 4.42 Å². The Balaban J connectivity index is 1.83. The highest BCUT2D eigenvalue weighted by molar-refractivity contribution is 9.10. The van der Waals surface area contributed by atoms with Crippen LogP contribution in [0, 0.1) is 0 Å². The van der Waals surface area contributed by atoms with Crippen LogP contribution < -0.4 is 5.32 Å². The third kappa shape index (κ3) is 4.71. The van der Waals surface area contributed by atoms with Crippen molar-refractivity contribution in [3.05, 3.63) is 56.9 Å². The van der Waals surface area contributed by atoms with Crippen LogP contribution in [0.4, 0.5) is 0 Å². The minimum atomic E-state index is -0.420. The third-order valence-electron chi connectivity index (χ3n) is 2.96. The molecule has 1 aromatic heterocycles. The lowest BCUT2D eigenvalue weighted by molar-refractivity contribution is -0.129. The van der Waals surface area contributed by atoms with E-state index in [1.54, 1.807) is 18.0 Å². The van der Waals surface area contributed by atoms with Gasteiger partial charge in [0.05, 0.1) is 6.54 Å². The Morgan fingerprint density at radius 3 is 2.41 bits per heavy atom. The number of nitrogens with zero attached hydrogens (tertiary/aromatic N) is 1. The van der Waals surface area contributed by atoms with Gasteiger partial charge in [-0.3, -0.25) is 9.59 Å². The maximum atomic E-state index is 12.0. The van der Waals surface area contributed by atoms with Crippen molar-refractivity contribution in [2.45, 2.75) is 6.54 Å². The molecule has 0 spiro atoms. The van der Waals surface area contributed by atoms with E-state index in [1.165, 1.54) is 6.07 Å².